The first-order chi connectivity index (χ1) is 7.03. The van der Waals surface area contributed by atoms with Crippen LogP contribution in [0, 0.1) is 5.92 Å². The van der Waals surface area contributed by atoms with Crippen molar-refractivity contribution in [2.45, 2.75) is 12.8 Å². The first kappa shape index (κ1) is 12.4. The summed E-state index contributed by atoms with van der Waals surface area (Å²) in [5, 5.41) is 2.68. The highest BCUT2D eigenvalue weighted by molar-refractivity contribution is 7.91. The molecule has 0 saturated carbocycles. The second kappa shape index (κ2) is 5.46. The Hall–Kier alpha value is -0.620. The number of carbonyl (C=O) groups is 1. The summed E-state index contributed by atoms with van der Waals surface area (Å²) in [6, 6.07) is 0. The molecule has 1 aliphatic rings. The third kappa shape index (κ3) is 4.61. The van der Waals surface area contributed by atoms with Crippen LogP contribution in [0.15, 0.2) is 0 Å². The number of carbonyl (C=O) groups excluding carboxylic acids is 1. The maximum Gasteiger partial charge on any atom is 0.220 e. The van der Waals surface area contributed by atoms with Gasteiger partial charge in [-0.05, 0) is 12.3 Å². The molecule has 1 rings (SSSR count). The molecule has 0 aromatic heterocycles. The summed E-state index contributed by atoms with van der Waals surface area (Å²) in [5.41, 5.74) is 0. The van der Waals surface area contributed by atoms with Gasteiger partial charge < -0.3 is 10.1 Å². The van der Waals surface area contributed by atoms with Crippen molar-refractivity contribution in [3.05, 3.63) is 0 Å². The smallest absolute Gasteiger partial charge is 0.220 e. The van der Waals surface area contributed by atoms with E-state index < -0.39 is 9.84 Å². The van der Waals surface area contributed by atoms with Gasteiger partial charge in [-0.1, -0.05) is 0 Å². The molecule has 0 spiro atoms. The Morgan fingerprint density at radius 1 is 1.53 bits per heavy atom. The second-order valence-corrected chi connectivity index (χ2v) is 6.04. The average Bonchev–Trinajstić information content (AvgIpc) is 2.46. The van der Waals surface area contributed by atoms with Gasteiger partial charge in [0.05, 0.1) is 18.1 Å². The van der Waals surface area contributed by atoms with Gasteiger partial charge in [-0.15, -0.1) is 0 Å². The topological polar surface area (TPSA) is 72.5 Å². The van der Waals surface area contributed by atoms with Crippen LogP contribution >= 0.6 is 0 Å². The largest absolute Gasteiger partial charge is 0.383 e. The Morgan fingerprint density at radius 3 is 2.80 bits per heavy atom. The molecule has 88 valence electrons. The maximum atomic E-state index is 11.3. The first-order valence-electron chi connectivity index (χ1n) is 4.99. The van der Waals surface area contributed by atoms with Gasteiger partial charge in [0.15, 0.2) is 9.84 Å². The van der Waals surface area contributed by atoms with E-state index in [1.165, 1.54) is 0 Å². The normalized spacial score (nSPS) is 23.9. The number of ether oxygens (including phenoxy) is 1. The zero-order chi connectivity index (χ0) is 11.3. The van der Waals surface area contributed by atoms with Crippen LogP contribution in [0.25, 0.3) is 0 Å². The van der Waals surface area contributed by atoms with E-state index in [1.54, 1.807) is 7.11 Å². The molecular weight excluding hydrogens is 218 g/mol. The first-order valence-corrected chi connectivity index (χ1v) is 6.81. The minimum atomic E-state index is -2.87. The number of hydrogen-bond acceptors (Lipinski definition) is 4. The zero-order valence-electron chi connectivity index (χ0n) is 8.86. The summed E-state index contributed by atoms with van der Waals surface area (Å²) < 4.78 is 27.0. The monoisotopic (exact) mass is 235 g/mol. The van der Waals surface area contributed by atoms with Gasteiger partial charge in [0.2, 0.25) is 5.91 Å². The highest BCUT2D eigenvalue weighted by Crippen LogP contribution is 2.21. The molecule has 6 heteroatoms. The third-order valence-corrected chi connectivity index (χ3v) is 4.27. The number of methoxy groups -OCH3 is 1. The van der Waals surface area contributed by atoms with Crippen molar-refractivity contribution < 1.29 is 17.9 Å². The summed E-state index contributed by atoms with van der Waals surface area (Å²) >= 11 is 0. The molecule has 1 unspecified atom stereocenters. The van der Waals surface area contributed by atoms with Gasteiger partial charge in [0.1, 0.15) is 0 Å². The van der Waals surface area contributed by atoms with E-state index in [0.717, 1.165) is 0 Å². The SMILES string of the molecule is COCCNC(=O)CC1CCS(=O)(=O)C1. The number of amides is 1. The van der Waals surface area contributed by atoms with E-state index in [2.05, 4.69) is 5.32 Å². The van der Waals surface area contributed by atoms with Crippen LogP contribution in [-0.2, 0) is 19.4 Å². The van der Waals surface area contributed by atoms with Crippen molar-refractivity contribution in [2.24, 2.45) is 5.92 Å². The van der Waals surface area contributed by atoms with Gasteiger partial charge in [-0.25, -0.2) is 8.42 Å². The van der Waals surface area contributed by atoms with E-state index in [1.807, 2.05) is 0 Å². The Labute approximate surface area is 90.1 Å². The minimum absolute atomic E-state index is 0.00227. The highest BCUT2D eigenvalue weighted by atomic mass is 32.2. The quantitative estimate of drug-likeness (QED) is 0.657. The lowest BCUT2D eigenvalue weighted by Crippen LogP contribution is -2.28. The number of sulfone groups is 1. The van der Waals surface area contributed by atoms with Crippen LogP contribution in [-0.4, -0.2) is 46.1 Å². The summed E-state index contributed by atoms with van der Waals surface area (Å²) in [6.07, 6.45) is 0.920. The van der Waals surface area contributed by atoms with Crippen LogP contribution < -0.4 is 5.32 Å². The Balaban J connectivity index is 2.22. The Bertz CT molecular complexity index is 312. The summed E-state index contributed by atoms with van der Waals surface area (Å²) in [6.45, 7) is 0.962. The molecule has 0 radical (unpaired) electrons. The molecule has 0 aromatic carbocycles. The van der Waals surface area contributed by atoms with E-state index in [0.29, 0.717) is 26.0 Å². The second-order valence-electron chi connectivity index (χ2n) is 3.82. The van der Waals surface area contributed by atoms with Crippen molar-refractivity contribution in [3.8, 4) is 0 Å². The van der Waals surface area contributed by atoms with Gasteiger partial charge in [-0.3, -0.25) is 4.79 Å². The van der Waals surface area contributed by atoms with Crippen LogP contribution in [0.3, 0.4) is 0 Å². The van der Waals surface area contributed by atoms with Gasteiger partial charge in [-0.2, -0.15) is 0 Å². The fourth-order valence-corrected chi connectivity index (χ4v) is 3.52. The van der Waals surface area contributed by atoms with Gasteiger partial charge >= 0.3 is 0 Å². The van der Waals surface area contributed by atoms with Crippen LogP contribution in [0.5, 0.6) is 0 Å². The molecular formula is C9H17NO4S. The summed E-state index contributed by atoms with van der Waals surface area (Å²) in [4.78, 5) is 11.3. The highest BCUT2D eigenvalue weighted by Gasteiger charge is 2.29. The minimum Gasteiger partial charge on any atom is -0.383 e. The molecule has 1 heterocycles. The maximum absolute atomic E-state index is 11.3. The molecule has 1 N–H and O–H groups in total. The van der Waals surface area contributed by atoms with Crippen molar-refractivity contribution >= 4 is 15.7 Å². The van der Waals surface area contributed by atoms with Crippen molar-refractivity contribution in [1.82, 2.24) is 5.32 Å². The third-order valence-electron chi connectivity index (χ3n) is 2.43. The Kier molecular flexibility index (Phi) is 4.53. The van der Waals surface area contributed by atoms with E-state index in [9.17, 15) is 13.2 Å². The molecule has 5 nitrogen and oxygen atoms in total. The number of rotatable bonds is 5. The fourth-order valence-electron chi connectivity index (χ4n) is 1.66. The molecule has 1 aliphatic heterocycles. The average molecular weight is 235 g/mol. The lowest BCUT2D eigenvalue weighted by Gasteiger charge is -2.07. The lowest BCUT2D eigenvalue weighted by atomic mass is 10.1. The van der Waals surface area contributed by atoms with Crippen LogP contribution in [0.4, 0.5) is 0 Å². The fraction of sp³-hybridized carbons (Fsp3) is 0.889. The van der Waals surface area contributed by atoms with E-state index >= 15 is 0 Å². The van der Waals surface area contributed by atoms with E-state index in [4.69, 9.17) is 4.74 Å². The van der Waals surface area contributed by atoms with Crippen LogP contribution in [0.1, 0.15) is 12.8 Å². The van der Waals surface area contributed by atoms with Crippen LogP contribution in [0.2, 0.25) is 0 Å². The molecule has 0 aliphatic carbocycles. The molecule has 1 saturated heterocycles. The summed E-state index contributed by atoms with van der Waals surface area (Å²) in [7, 11) is -1.31. The van der Waals surface area contributed by atoms with Gasteiger partial charge in [0.25, 0.3) is 0 Å². The zero-order valence-corrected chi connectivity index (χ0v) is 9.68. The Morgan fingerprint density at radius 2 is 2.27 bits per heavy atom. The van der Waals surface area contributed by atoms with Crippen molar-refractivity contribution in [2.75, 3.05) is 31.8 Å². The summed E-state index contributed by atoms with van der Waals surface area (Å²) in [5.74, 6) is 0.292. The van der Waals surface area contributed by atoms with Crippen molar-refractivity contribution in [3.63, 3.8) is 0 Å². The molecule has 1 amide bonds. The number of nitrogens with one attached hydrogen (secondary N) is 1. The molecule has 0 bridgehead atoms. The van der Waals surface area contributed by atoms with Crippen molar-refractivity contribution in [1.29, 1.82) is 0 Å². The molecule has 1 atom stereocenters. The standard InChI is InChI=1S/C9H17NO4S/c1-14-4-3-10-9(11)6-8-2-5-15(12,13)7-8/h8H,2-7H2,1H3,(H,10,11). The predicted molar refractivity (Wildman–Crippen MR) is 56.3 cm³/mol. The predicted octanol–water partition coefficient (Wildman–Crippen LogP) is -0.426. The van der Waals surface area contributed by atoms with Gasteiger partial charge in [0, 0.05) is 20.1 Å². The van der Waals surface area contributed by atoms with E-state index in [-0.39, 0.29) is 23.3 Å². The number of hydrogen-bond donors (Lipinski definition) is 1. The molecule has 0 aromatic rings. The molecule has 15 heavy (non-hydrogen) atoms. The molecule has 1 fully saturated rings. The lowest BCUT2D eigenvalue weighted by molar-refractivity contribution is -0.122.